The Morgan fingerprint density at radius 1 is 1.17 bits per heavy atom. The molecule has 186 valence electrons. The minimum atomic E-state index is -1.33. The molecule has 1 saturated heterocycles. The molecule has 0 saturated carbocycles. The molecule has 10 nitrogen and oxygen atoms in total. The number of rotatable bonds is 7. The highest BCUT2D eigenvalue weighted by Gasteiger charge is 2.26. The molecule has 4 N–H and O–H groups in total. The number of aliphatic hydroxyl groups excluding tert-OH is 1. The van der Waals surface area contributed by atoms with E-state index in [0.717, 1.165) is 37.4 Å². The quantitative estimate of drug-likeness (QED) is 0.407. The number of hydrogen-bond acceptors (Lipinski definition) is 7. The Bertz CT molecular complexity index is 1210. The van der Waals surface area contributed by atoms with E-state index in [2.05, 4.69) is 25.6 Å². The van der Waals surface area contributed by atoms with E-state index in [1.807, 2.05) is 19.1 Å². The number of benzene rings is 1. The van der Waals surface area contributed by atoms with Gasteiger partial charge in [-0.3, -0.25) is 9.59 Å². The Kier molecular flexibility index (Phi) is 7.04. The van der Waals surface area contributed by atoms with Crippen molar-refractivity contribution in [1.29, 1.82) is 0 Å². The second-order valence-electron chi connectivity index (χ2n) is 9.09. The summed E-state index contributed by atoms with van der Waals surface area (Å²) < 4.78 is 1.78. The summed E-state index contributed by atoms with van der Waals surface area (Å²) in [5.41, 5.74) is 1.08. The molecule has 0 spiro atoms. The third-order valence-corrected chi connectivity index (χ3v) is 6.53. The molecule has 1 aliphatic rings. The maximum Gasteiger partial charge on any atom is 0.256 e. The summed E-state index contributed by atoms with van der Waals surface area (Å²) in [6.07, 6.45) is 1.99. The van der Waals surface area contributed by atoms with E-state index in [0.29, 0.717) is 29.0 Å². The van der Waals surface area contributed by atoms with Crippen molar-refractivity contribution in [1.82, 2.24) is 19.9 Å². The molecular weight excluding hydrogens is 448 g/mol. The highest BCUT2D eigenvalue weighted by atomic mass is 16.3. The predicted octanol–water partition coefficient (Wildman–Crippen LogP) is 1.98. The van der Waals surface area contributed by atoms with Crippen LogP contribution in [0.3, 0.4) is 0 Å². The number of carbonyl (C=O) groups excluding carboxylic acids is 2. The summed E-state index contributed by atoms with van der Waals surface area (Å²) in [5, 5.41) is 30.4. The minimum Gasteiger partial charge on any atom is -0.393 e. The Hall–Kier alpha value is -3.50. The lowest BCUT2D eigenvalue weighted by atomic mass is 9.91. The largest absolute Gasteiger partial charge is 0.393 e. The monoisotopic (exact) mass is 480 g/mol. The smallest absolute Gasteiger partial charge is 0.256 e. The molecule has 10 heteroatoms. The van der Waals surface area contributed by atoms with Gasteiger partial charge >= 0.3 is 0 Å². The number of fused-ring (bicyclic) bond motifs is 1. The van der Waals surface area contributed by atoms with Crippen LogP contribution in [0, 0.1) is 6.92 Å². The van der Waals surface area contributed by atoms with Crippen molar-refractivity contribution in [2.45, 2.75) is 51.7 Å². The van der Waals surface area contributed by atoms with Crippen LogP contribution < -0.4 is 15.5 Å². The normalized spacial score (nSPS) is 16.2. The van der Waals surface area contributed by atoms with E-state index in [9.17, 15) is 19.8 Å². The van der Waals surface area contributed by atoms with Gasteiger partial charge in [-0.1, -0.05) is 19.1 Å². The van der Waals surface area contributed by atoms with Gasteiger partial charge in [-0.15, -0.1) is 0 Å². The van der Waals surface area contributed by atoms with Gasteiger partial charge in [0.1, 0.15) is 17.2 Å². The van der Waals surface area contributed by atoms with Crippen LogP contribution in [-0.2, 0) is 10.4 Å². The molecule has 0 aliphatic carbocycles. The first-order valence-electron chi connectivity index (χ1n) is 11.9. The van der Waals surface area contributed by atoms with Crippen LogP contribution in [0.25, 0.3) is 5.65 Å². The van der Waals surface area contributed by atoms with Gasteiger partial charge < -0.3 is 25.7 Å². The SMILES string of the molecule is CCC(O)(CO)c1ccc(C(=O)Nc2cc(N3CCC(NC(C)=O)CC3)n3nc(C)cc3n2)cc1. The van der Waals surface area contributed by atoms with Crippen molar-refractivity contribution in [3.8, 4) is 0 Å². The number of aliphatic hydroxyl groups is 2. The zero-order valence-electron chi connectivity index (χ0n) is 20.3. The van der Waals surface area contributed by atoms with E-state index in [4.69, 9.17) is 0 Å². The number of nitrogens with one attached hydrogen (secondary N) is 2. The first-order valence-corrected chi connectivity index (χ1v) is 11.9. The van der Waals surface area contributed by atoms with Crippen molar-refractivity contribution in [3.05, 3.63) is 53.2 Å². The summed E-state index contributed by atoms with van der Waals surface area (Å²) in [4.78, 5) is 31.1. The average molecular weight is 481 g/mol. The lowest BCUT2D eigenvalue weighted by Crippen LogP contribution is -2.44. The lowest BCUT2D eigenvalue weighted by molar-refractivity contribution is -0.119. The Balaban J connectivity index is 1.55. The summed E-state index contributed by atoms with van der Waals surface area (Å²) in [6.45, 7) is 6.30. The molecule has 3 aromatic rings. The molecule has 0 radical (unpaired) electrons. The van der Waals surface area contributed by atoms with Gasteiger partial charge in [-0.2, -0.15) is 9.61 Å². The molecular formula is C25H32N6O4. The van der Waals surface area contributed by atoms with Gasteiger partial charge in [-0.05, 0) is 43.9 Å². The number of piperidine rings is 1. The Morgan fingerprint density at radius 3 is 2.46 bits per heavy atom. The fourth-order valence-corrected chi connectivity index (χ4v) is 4.43. The van der Waals surface area contributed by atoms with Crippen molar-refractivity contribution < 1.29 is 19.8 Å². The molecule has 3 heterocycles. The first-order chi connectivity index (χ1) is 16.7. The second kappa shape index (κ2) is 10.0. The summed E-state index contributed by atoms with van der Waals surface area (Å²) in [5.74, 6) is 0.882. The van der Waals surface area contributed by atoms with Crippen LogP contribution in [0.15, 0.2) is 36.4 Å². The van der Waals surface area contributed by atoms with Gasteiger partial charge in [0, 0.05) is 43.8 Å². The molecule has 2 aromatic heterocycles. The van der Waals surface area contributed by atoms with Crippen LogP contribution >= 0.6 is 0 Å². The number of amides is 2. The number of carbonyl (C=O) groups is 2. The zero-order chi connectivity index (χ0) is 25.2. The first kappa shape index (κ1) is 24.6. The van der Waals surface area contributed by atoms with Crippen LogP contribution in [0.2, 0.25) is 0 Å². The lowest BCUT2D eigenvalue weighted by Gasteiger charge is -2.33. The topological polar surface area (TPSA) is 132 Å². The van der Waals surface area contributed by atoms with Crippen molar-refractivity contribution in [2.24, 2.45) is 0 Å². The number of aromatic nitrogens is 3. The van der Waals surface area contributed by atoms with E-state index in [1.54, 1.807) is 35.7 Å². The van der Waals surface area contributed by atoms with E-state index in [1.165, 1.54) is 6.92 Å². The summed E-state index contributed by atoms with van der Waals surface area (Å²) in [7, 11) is 0. The molecule has 35 heavy (non-hydrogen) atoms. The predicted molar refractivity (Wildman–Crippen MR) is 132 cm³/mol. The van der Waals surface area contributed by atoms with Crippen LogP contribution in [0.1, 0.15) is 54.7 Å². The van der Waals surface area contributed by atoms with Gasteiger partial charge in [0.2, 0.25) is 5.91 Å². The maximum absolute atomic E-state index is 12.9. The van der Waals surface area contributed by atoms with Gasteiger partial charge in [0.25, 0.3) is 5.91 Å². The standard InChI is InChI=1S/C25H32N6O4/c1-4-25(35,15-32)19-7-5-18(6-8-19)24(34)28-21-14-23(31-22(27-21)13-16(2)29-31)30-11-9-20(10-12-30)26-17(3)33/h5-8,13-14,20,32,35H,4,9-12,15H2,1-3H3,(H,26,33)(H,27,28,34). The summed E-state index contributed by atoms with van der Waals surface area (Å²) >= 11 is 0. The summed E-state index contributed by atoms with van der Waals surface area (Å²) in [6, 6.07) is 10.4. The van der Waals surface area contributed by atoms with Crippen LogP contribution in [0.4, 0.5) is 11.6 Å². The Labute approximate surface area is 204 Å². The molecule has 0 bridgehead atoms. The third-order valence-electron chi connectivity index (χ3n) is 6.53. The van der Waals surface area contributed by atoms with Gasteiger partial charge in [0.05, 0.1) is 12.3 Å². The molecule has 1 unspecified atom stereocenters. The number of nitrogens with zero attached hydrogens (tertiary/aromatic N) is 4. The Morgan fingerprint density at radius 2 is 1.86 bits per heavy atom. The van der Waals surface area contributed by atoms with Gasteiger partial charge in [-0.25, -0.2) is 4.98 Å². The molecule has 4 rings (SSSR count). The van der Waals surface area contributed by atoms with Crippen LogP contribution in [-0.4, -0.2) is 62.4 Å². The zero-order valence-corrected chi connectivity index (χ0v) is 20.3. The van der Waals surface area contributed by atoms with Crippen LogP contribution in [0.5, 0.6) is 0 Å². The average Bonchev–Trinajstić information content (AvgIpc) is 3.23. The molecule has 1 atom stereocenters. The van der Waals surface area contributed by atoms with Crippen molar-refractivity contribution >= 4 is 29.1 Å². The third kappa shape index (κ3) is 5.28. The van der Waals surface area contributed by atoms with E-state index < -0.39 is 12.2 Å². The number of anilines is 2. The minimum absolute atomic E-state index is 0.0220. The van der Waals surface area contributed by atoms with E-state index >= 15 is 0 Å². The molecule has 1 fully saturated rings. The highest BCUT2D eigenvalue weighted by molar-refractivity contribution is 6.04. The molecule has 1 aromatic carbocycles. The van der Waals surface area contributed by atoms with Crippen molar-refractivity contribution in [3.63, 3.8) is 0 Å². The van der Waals surface area contributed by atoms with E-state index in [-0.39, 0.29) is 17.9 Å². The number of hydrogen-bond donors (Lipinski definition) is 4. The van der Waals surface area contributed by atoms with Gasteiger partial charge in [0.15, 0.2) is 5.65 Å². The fourth-order valence-electron chi connectivity index (χ4n) is 4.43. The molecule has 1 aliphatic heterocycles. The maximum atomic E-state index is 12.9. The molecule has 2 amide bonds. The second-order valence-corrected chi connectivity index (χ2v) is 9.09. The van der Waals surface area contributed by atoms with Crippen molar-refractivity contribution in [2.75, 3.05) is 29.9 Å². The fraction of sp³-hybridized carbons (Fsp3) is 0.440. The highest BCUT2D eigenvalue weighted by Crippen LogP contribution is 2.26. The number of aryl methyl sites for hydroxylation is 1.